The Bertz CT molecular complexity index is 994. The molecule has 0 atom stereocenters. The second-order valence-electron chi connectivity index (χ2n) is 6.25. The quantitative estimate of drug-likeness (QED) is 0.663. The highest BCUT2D eigenvalue weighted by Gasteiger charge is 2.35. The Hall–Kier alpha value is -2.68. The zero-order valence-corrected chi connectivity index (χ0v) is 14.6. The first kappa shape index (κ1) is 17.7. The van der Waals surface area contributed by atoms with Gasteiger partial charge in [0.1, 0.15) is 11.3 Å². The van der Waals surface area contributed by atoms with Gasteiger partial charge in [-0.15, -0.1) is 0 Å². The highest BCUT2D eigenvalue weighted by atomic mass is 32.1. The van der Waals surface area contributed by atoms with Crippen molar-refractivity contribution in [3.8, 4) is 0 Å². The molecule has 9 heteroatoms. The summed E-state index contributed by atoms with van der Waals surface area (Å²) < 4.78 is 52.1. The number of nitrogens with zero attached hydrogens (tertiary/aromatic N) is 2. The number of alkyl halides is 3. The van der Waals surface area contributed by atoms with E-state index in [4.69, 9.17) is 0 Å². The molecule has 0 aliphatic carbocycles. The topological polar surface area (TPSA) is 45.2 Å². The summed E-state index contributed by atoms with van der Waals surface area (Å²) in [6.45, 7) is 0.849. The number of hydrogen-bond acceptors (Lipinski definition) is 4. The van der Waals surface area contributed by atoms with Crippen LogP contribution in [0.25, 0.3) is 10.2 Å². The first-order chi connectivity index (χ1) is 12.8. The van der Waals surface area contributed by atoms with Crippen molar-refractivity contribution in [2.75, 3.05) is 23.3 Å². The number of halogens is 4. The molecule has 4 rings (SSSR count). The third kappa shape index (κ3) is 3.46. The van der Waals surface area contributed by atoms with E-state index in [1.165, 1.54) is 29.5 Å². The molecule has 2 heterocycles. The predicted octanol–water partition coefficient (Wildman–Crippen LogP) is 4.53. The Labute approximate surface area is 155 Å². The number of rotatable bonds is 3. The maximum Gasteiger partial charge on any atom is 0.416 e. The minimum absolute atomic E-state index is 0.265. The second-order valence-corrected chi connectivity index (χ2v) is 7.26. The number of anilines is 2. The molecule has 3 aromatic rings. The van der Waals surface area contributed by atoms with Gasteiger partial charge in [0.05, 0.1) is 16.2 Å². The maximum absolute atomic E-state index is 13.7. The second kappa shape index (κ2) is 6.49. The number of carbonyl (C=O) groups excluding carboxylic acids is 1. The lowest BCUT2D eigenvalue weighted by Crippen LogP contribution is -2.52. The first-order valence-electron chi connectivity index (χ1n) is 8.09. The van der Waals surface area contributed by atoms with Gasteiger partial charge in [0, 0.05) is 18.8 Å². The fourth-order valence-corrected chi connectivity index (χ4v) is 3.82. The van der Waals surface area contributed by atoms with E-state index in [9.17, 15) is 22.4 Å². The van der Waals surface area contributed by atoms with Crippen molar-refractivity contribution < 1.29 is 22.4 Å². The molecule has 0 radical (unpaired) electrons. The van der Waals surface area contributed by atoms with Crippen molar-refractivity contribution in [1.82, 2.24) is 4.98 Å². The standard InChI is InChI=1S/C18H13F4N3OS/c19-13-2-1-3-14-15(13)24-17(27-14)25-8-10(9-25)16(26)23-12-6-4-11(5-7-12)18(20,21)22/h1-7,10H,8-9H2,(H,23,26). The highest BCUT2D eigenvalue weighted by Crippen LogP contribution is 2.34. The largest absolute Gasteiger partial charge is 0.416 e. The van der Waals surface area contributed by atoms with Crippen molar-refractivity contribution in [2.24, 2.45) is 5.92 Å². The van der Waals surface area contributed by atoms with Crippen molar-refractivity contribution in [2.45, 2.75) is 6.18 Å². The molecule has 0 unspecified atom stereocenters. The molecule has 0 saturated carbocycles. The van der Waals surface area contributed by atoms with E-state index in [2.05, 4.69) is 10.3 Å². The summed E-state index contributed by atoms with van der Waals surface area (Å²) in [7, 11) is 0. The molecule has 2 aromatic carbocycles. The summed E-state index contributed by atoms with van der Waals surface area (Å²) in [5.74, 6) is -0.949. The molecule has 1 aliphatic heterocycles. The third-order valence-electron chi connectivity index (χ3n) is 4.36. The molecule has 4 nitrogen and oxygen atoms in total. The van der Waals surface area contributed by atoms with Crippen molar-refractivity contribution >= 4 is 38.3 Å². The van der Waals surface area contributed by atoms with Crippen LogP contribution in [0.5, 0.6) is 0 Å². The number of hydrogen-bond donors (Lipinski definition) is 1. The average molecular weight is 395 g/mol. The minimum atomic E-state index is -4.41. The number of amides is 1. The lowest BCUT2D eigenvalue weighted by atomic mass is 10.00. The summed E-state index contributed by atoms with van der Waals surface area (Å²) >= 11 is 1.35. The number of aromatic nitrogens is 1. The van der Waals surface area contributed by atoms with E-state index in [-0.39, 0.29) is 17.6 Å². The van der Waals surface area contributed by atoms with E-state index in [0.29, 0.717) is 29.4 Å². The maximum atomic E-state index is 13.7. The van der Waals surface area contributed by atoms with E-state index < -0.39 is 11.7 Å². The summed E-state index contributed by atoms with van der Waals surface area (Å²) in [6, 6.07) is 9.07. The molecular weight excluding hydrogens is 382 g/mol. The zero-order chi connectivity index (χ0) is 19.2. The van der Waals surface area contributed by atoms with Crippen molar-refractivity contribution in [1.29, 1.82) is 0 Å². The minimum Gasteiger partial charge on any atom is -0.346 e. The van der Waals surface area contributed by atoms with Crippen LogP contribution in [0.1, 0.15) is 5.56 Å². The SMILES string of the molecule is O=C(Nc1ccc(C(F)(F)F)cc1)C1CN(c2nc3c(F)cccc3s2)C1. The molecule has 1 amide bonds. The van der Waals surface area contributed by atoms with Gasteiger partial charge in [-0.1, -0.05) is 17.4 Å². The van der Waals surface area contributed by atoms with Crippen LogP contribution in [0.2, 0.25) is 0 Å². The predicted molar refractivity (Wildman–Crippen MR) is 95.4 cm³/mol. The van der Waals surface area contributed by atoms with Gasteiger partial charge in [-0.2, -0.15) is 13.2 Å². The number of para-hydroxylation sites is 1. The Kier molecular flexibility index (Phi) is 4.26. The summed E-state index contributed by atoms with van der Waals surface area (Å²) in [5, 5.41) is 3.27. The highest BCUT2D eigenvalue weighted by molar-refractivity contribution is 7.22. The fourth-order valence-electron chi connectivity index (χ4n) is 2.83. The van der Waals surface area contributed by atoms with E-state index in [1.807, 2.05) is 4.90 Å². The van der Waals surface area contributed by atoms with Gasteiger partial charge in [-0.3, -0.25) is 4.79 Å². The van der Waals surface area contributed by atoms with Gasteiger partial charge >= 0.3 is 6.18 Å². The van der Waals surface area contributed by atoms with Crippen LogP contribution in [-0.2, 0) is 11.0 Å². The first-order valence-corrected chi connectivity index (χ1v) is 8.91. The Morgan fingerprint density at radius 2 is 1.85 bits per heavy atom. The van der Waals surface area contributed by atoms with E-state index in [1.54, 1.807) is 12.1 Å². The number of nitrogens with one attached hydrogen (secondary N) is 1. The van der Waals surface area contributed by atoms with Gasteiger partial charge in [-0.25, -0.2) is 9.37 Å². The van der Waals surface area contributed by atoms with Crippen LogP contribution in [0.4, 0.5) is 28.4 Å². The fraction of sp³-hybridized carbons (Fsp3) is 0.222. The number of carbonyl (C=O) groups is 1. The summed E-state index contributed by atoms with van der Waals surface area (Å²) in [5.41, 5.74) is -0.137. The van der Waals surface area contributed by atoms with Crippen LogP contribution < -0.4 is 10.2 Å². The van der Waals surface area contributed by atoms with Crippen LogP contribution >= 0.6 is 11.3 Å². The lowest BCUT2D eigenvalue weighted by molar-refractivity contribution is -0.137. The lowest BCUT2D eigenvalue weighted by Gasteiger charge is -2.37. The molecule has 27 heavy (non-hydrogen) atoms. The van der Waals surface area contributed by atoms with Crippen molar-refractivity contribution in [3.63, 3.8) is 0 Å². The molecule has 1 aliphatic rings. The van der Waals surface area contributed by atoms with Crippen LogP contribution in [-0.4, -0.2) is 24.0 Å². The Balaban J connectivity index is 1.37. The van der Waals surface area contributed by atoms with E-state index >= 15 is 0 Å². The van der Waals surface area contributed by atoms with Crippen LogP contribution in [0.3, 0.4) is 0 Å². The van der Waals surface area contributed by atoms with E-state index in [0.717, 1.165) is 16.8 Å². The smallest absolute Gasteiger partial charge is 0.346 e. The molecule has 0 spiro atoms. The molecule has 140 valence electrons. The molecule has 0 bridgehead atoms. The van der Waals surface area contributed by atoms with Gasteiger partial charge < -0.3 is 10.2 Å². The Morgan fingerprint density at radius 1 is 1.15 bits per heavy atom. The van der Waals surface area contributed by atoms with Gasteiger partial charge in [-0.05, 0) is 36.4 Å². The molecule has 1 N–H and O–H groups in total. The zero-order valence-electron chi connectivity index (χ0n) is 13.8. The molecule has 1 saturated heterocycles. The van der Waals surface area contributed by atoms with Crippen molar-refractivity contribution in [3.05, 3.63) is 53.8 Å². The molecule has 1 fully saturated rings. The average Bonchev–Trinajstić information content (AvgIpc) is 2.98. The Morgan fingerprint density at radius 3 is 2.48 bits per heavy atom. The number of benzene rings is 2. The summed E-state index contributed by atoms with van der Waals surface area (Å²) in [6.07, 6.45) is -4.41. The number of fused-ring (bicyclic) bond motifs is 1. The van der Waals surface area contributed by atoms with Crippen LogP contribution in [0, 0.1) is 11.7 Å². The van der Waals surface area contributed by atoms with Gasteiger partial charge in [0.2, 0.25) is 5.91 Å². The molecule has 1 aromatic heterocycles. The number of thiazole rings is 1. The monoisotopic (exact) mass is 395 g/mol. The van der Waals surface area contributed by atoms with Gasteiger partial charge in [0.25, 0.3) is 0 Å². The van der Waals surface area contributed by atoms with Crippen LogP contribution in [0.15, 0.2) is 42.5 Å². The molecular formula is C18H13F4N3OS. The van der Waals surface area contributed by atoms with Gasteiger partial charge in [0.15, 0.2) is 5.13 Å². The third-order valence-corrected chi connectivity index (χ3v) is 5.44. The normalized spacial score (nSPS) is 15.0. The summed E-state index contributed by atoms with van der Waals surface area (Å²) in [4.78, 5) is 18.4.